The zero-order chi connectivity index (χ0) is 21.2. The Morgan fingerprint density at radius 2 is 1.31 bits per heavy atom. The Bertz CT molecular complexity index is 1080. The molecular formula is C21H12F6N2. The summed E-state index contributed by atoms with van der Waals surface area (Å²) in [6, 6.07) is 12.7. The van der Waals surface area contributed by atoms with Crippen LogP contribution in [0.25, 0.3) is 22.4 Å². The fourth-order valence-corrected chi connectivity index (χ4v) is 3.04. The molecule has 2 aromatic carbocycles. The average molecular weight is 406 g/mol. The standard InChI is InChI=1S/C21H12F6N2/c22-20(23,24)17-7-3-1-5-15(17)14-11-13(9-10-28)19(29-12-14)16-6-2-4-8-18(16)21(25,26)27/h1-8,11-12H,9H2. The molecule has 0 saturated heterocycles. The summed E-state index contributed by atoms with van der Waals surface area (Å²) in [7, 11) is 0. The minimum Gasteiger partial charge on any atom is -0.255 e. The smallest absolute Gasteiger partial charge is 0.255 e. The molecular weight excluding hydrogens is 394 g/mol. The van der Waals surface area contributed by atoms with E-state index < -0.39 is 23.5 Å². The number of pyridine rings is 1. The minimum absolute atomic E-state index is 0.0661. The van der Waals surface area contributed by atoms with Gasteiger partial charge in [-0.2, -0.15) is 31.6 Å². The Labute approximate surface area is 162 Å². The highest BCUT2D eigenvalue weighted by molar-refractivity contribution is 5.74. The van der Waals surface area contributed by atoms with Crippen LogP contribution in [0, 0.1) is 11.3 Å². The fraction of sp³-hybridized carbons (Fsp3) is 0.143. The lowest BCUT2D eigenvalue weighted by molar-refractivity contribution is -0.137. The number of nitriles is 1. The Hall–Kier alpha value is -3.34. The van der Waals surface area contributed by atoms with Crippen LogP contribution in [0.15, 0.2) is 60.8 Å². The summed E-state index contributed by atoms with van der Waals surface area (Å²) >= 11 is 0. The quantitative estimate of drug-likeness (QED) is 0.465. The zero-order valence-electron chi connectivity index (χ0n) is 14.6. The summed E-state index contributed by atoms with van der Waals surface area (Å²) < 4.78 is 80.0. The molecule has 2 nitrogen and oxygen atoms in total. The van der Waals surface area contributed by atoms with E-state index in [0.717, 1.165) is 18.3 Å². The van der Waals surface area contributed by atoms with Gasteiger partial charge in [-0.15, -0.1) is 0 Å². The van der Waals surface area contributed by atoms with Crippen molar-refractivity contribution in [2.45, 2.75) is 18.8 Å². The molecule has 0 saturated carbocycles. The Morgan fingerprint density at radius 1 is 0.793 bits per heavy atom. The molecule has 0 N–H and O–H groups in total. The predicted octanol–water partition coefficient (Wildman–Crippen LogP) is 6.52. The van der Waals surface area contributed by atoms with Gasteiger partial charge in [-0.3, -0.25) is 4.98 Å². The molecule has 0 aliphatic carbocycles. The first kappa shape index (κ1) is 20.4. The molecule has 3 rings (SSSR count). The van der Waals surface area contributed by atoms with Gasteiger partial charge in [0, 0.05) is 17.3 Å². The summed E-state index contributed by atoms with van der Waals surface area (Å²) in [5.74, 6) is 0. The van der Waals surface area contributed by atoms with Crippen molar-refractivity contribution in [1.82, 2.24) is 4.98 Å². The second kappa shape index (κ2) is 7.59. The molecule has 0 aliphatic rings. The van der Waals surface area contributed by atoms with Gasteiger partial charge in [-0.05, 0) is 29.3 Å². The maximum atomic E-state index is 13.4. The molecule has 0 aliphatic heterocycles. The van der Waals surface area contributed by atoms with E-state index >= 15 is 0 Å². The lowest BCUT2D eigenvalue weighted by Crippen LogP contribution is -2.09. The normalized spacial score (nSPS) is 11.9. The largest absolute Gasteiger partial charge is 0.417 e. The highest BCUT2D eigenvalue weighted by Crippen LogP contribution is 2.40. The number of rotatable bonds is 3. The van der Waals surface area contributed by atoms with Gasteiger partial charge in [0.1, 0.15) is 0 Å². The number of hydrogen-bond donors (Lipinski definition) is 0. The number of halogens is 6. The minimum atomic E-state index is -4.65. The topological polar surface area (TPSA) is 36.7 Å². The zero-order valence-corrected chi connectivity index (χ0v) is 14.6. The molecule has 0 spiro atoms. The molecule has 1 aromatic heterocycles. The van der Waals surface area contributed by atoms with Gasteiger partial charge < -0.3 is 0 Å². The lowest BCUT2D eigenvalue weighted by atomic mass is 9.94. The van der Waals surface area contributed by atoms with E-state index in [1.54, 1.807) is 0 Å². The van der Waals surface area contributed by atoms with E-state index in [0.29, 0.717) is 0 Å². The number of nitrogens with zero attached hydrogens (tertiary/aromatic N) is 2. The first-order valence-corrected chi connectivity index (χ1v) is 8.32. The average Bonchev–Trinajstić information content (AvgIpc) is 2.67. The Kier molecular flexibility index (Phi) is 5.33. The molecule has 0 amide bonds. The van der Waals surface area contributed by atoms with E-state index in [2.05, 4.69) is 4.98 Å². The molecule has 3 aromatic rings. The van der Waals surface area contributed by atoms with Crippen molar-refractivity contribution < 1.29 is 26.3 Å². The van der Waals surface area contributed by atoms with Crippen LogP contribution >= 0.6 is 0 Å². The maximum absolute atomic E-state index is 13.4. The molecule has 29 heavy (non-hydrogen) atoms. The van der Waals surface area contributed by atoms with Crippen molar-refractivity contribution in [3.8, 4) is 28.5 Å². The van der Waals surface area contributed by atoms with Crippen LogP contribution in [0.2, 0.25) is 0 Å². The van der Waals surface area contributed by atoms with Crippen LogP contribution in [-0.4, -0.2) is 4.98 Å². The molecule has 0 bridgehead atoms. The van der Waals surface area contributed by atoms with Crippen LogP contribution in [0.3, 0.4) is 0 Å². The molecule has 8 heteroatoms. The SMILES string of the molecule is N#CCc1cc(-c2ccccc2C(F)(F)F)cnc1-c1ccccc1C(F)(F)F. The van der Waals surface area contributed by atoms with Gasteiger partial charge in [0.2, 0.25) is 0 Å². The van der Waals surface area contributed by atoms with Crippen LogP contribution in [-0.2, 0) is 18.8 Å². The summed E-state index contributed by atoms with van der Waals surface area (Å²) in [6.45, 7) is 0. The molecule has 0 atom stereocenters. The van der Waals surface area contributed by atoms with E-state index in [4.69, 9.17) is 5.26 Å². The van der Waals surface area contributed by atoms with Gasteiger partial charge >= 0.3 is 12.4 Å². The second-order valence-corrected chi connectivity index (χ2v) is 6.15. The summed E-state index contributed by atoms with van der Waals surface area (Å²) in [5, 5.41) is 9.09. The number of aromatic nitrogens is 1. The number of hydrogen-bond acceptors (Lipinski definition) is 2. The highest BCUT2D eigenvalue weighted by atomic mass is 19.4. The summed E-state index contributed by atoms with van der Waals surface area (Å²) in [4.78, 5) is 4.02. The van der Waals surface area contributed by atoms with Crippen LogP contribution in [0.1, 0.15) is 16.7 Å². The maximum Gasteiger partial charge on any atom is 0.417 e. The van der Waals surface area contributed by atoms with Crippen molar-refractivity contribution in [3.63, 3.8) is 0 Å². The van der Waals surface area contributed by atoms with Gasteiger partial charge in [0.05, 0.1) is 29.3 Å². The fourth-order valence-electron chi connectivity index (χ4n) is 3.04. The lowest BCUT2D eigenvalue weighted by Gasteiger charge is -2.16. The van der Waals surface area contributed by atoms with E-state index in [1.165, 1.54) is 42.5 Å². The van der Waals surface area contributed by atoms with Gasteiger partial charge in [-0.25, -0.2) is 0 Å². The van der Waals surface area contributed by atoms with E-state index in [1.807, 2.05) is 6.07 Å². The monoisotopic (exact) mass is 406 g/mol. The molecule has 148 valence electrons. The van der Waals surface area contributed by atoms with Gasteiger partial charge in [0.15, 0.2) is 0 Å². The predicted molar refractivity (Wildman–Crippen MR) is 94.4 cm³/mol. The van der Waals surface area contributed by atoms with Crippen LogP contribution in [0.5, 0.6) is 0 Å². The Morgan fingerprint density at radius 3 is 1.86 bits per heavy atom. The molecule has 0 radical (unpaired) electrons. The second-order valence-electron chi connectivity index (χ2n) is 6.15. The first-order valence-electron chi connectivity index (χ1n) is 8.32. The van der Waals surface area contributed by atoms with Crippen LogP contribution < -0.4 is 0 Å². The van der Waals surface area contributed by atoms with E-state index in [9.17, 15) is 26.3 Å². The summed E-state index contributed by atoms with van der Waals surface area (Å²) in [6.07, 6.45) is -8.48. The third-order valence-electron chi connectivity index (χ3n) is 4.27. The van der Waals surface area contributed by atoms with Crippen molar-refractivity contribution >= 4 is 0 Å². The number of alkyl halides is 6. The number of benzene rings is 2. The van der Waals surface area contributed by atoms with Crippen molar-refractivity contribution in [1.29, 1.82) is 5.26 Å². The molecule has 0 unspecified atom stereocenters. The van der Waals surface area contributed by atoms with Gasteiger partial charge in [-0.1, -0.05) is 36.4 Å². The highest BCUT2D eigenvalue weighted by Gasteiger charge is 2.35. The first-order chi connectivity index (χ1) is 13.6. The van der Waals surface area contributed by atoms with Crippen molar-refractivity contribution in [2.75, 3.05) is 0 Å². The third kappa shape index (κ3) is 4.24. The van der Waals surface area contributed by atoms with Gasteiger partial charge in [0.25, 0.3) is 0 Å². The molecule has 0 fully saturated rings. The molecule has 1 heterocycles. The summed E-state index contributed by atoms with van der Waals surface area (Å²) in [5.41, 5.74) is -2.14. The van der Waals surface area contributed by atoms with E-state index in [-0.39, 0.29) is 34.4 Å². The van der Waals surface area contributed by atoms with Crippen molar-refractivity contribution in [2.24, 2.45) is 0 Å². The Balaban J connectivity index is 2.21. The van der Waals surface area contributed by atoms with Crippen LogP contribution in [0.4, 0.5) is 26.3 Å². The van der Waals surface area contributed by atoms with Crippen molar-refractivity contribution in [3.05, 3.63) is 77.5 Å². The third-order valence-corrected chi connectivity index (χ3v) is 4.27.